The molecule has 2 saturated heterocycles. The first-order chi connectivity index (χ1) is 11.6. The average molecular weight is 325 g/mol. The summed E-state index contributed by atoms with van der Waals surface area (Å²) >= 11 is 0. The molecule has 0 N–H and O–H groups in total. The number of ether oxygens (including phenoxy) is 1. The number of piperidine rings is 1. The summed E-state index contributed by atoms with van der Waals surface area (Å²) in [5.74, 6) is 0.0521. The van der Waals surface area contributed by atoms with Crippen LogP contribution in [0.2, 0.25) is 0 Å². The lowest BCUT2D eigenvalue weighted by atomic mass is 9.89. The maximum atomic E-state index is 11.9. The first-order valence-corrected chi connectivity index (χ1v) is 8.38. The fourth-order valence-corrected chi connectivity index (χ4v) is 3.53. The van der Waals surface area contributed by atoms with Crippen LogP contribution in [0.15, 0.2) is 36.9 Å². The molecule has 2 aliphatic rings. The standard InChI is InChI=1S/C19H23N3O2/c1-2-8-22-15-19(24-14-18(22)23)6-9-21(10-7-19)13-17-5-3-4-16(11-17)12-20/h2-5,11H,1,6-10,13-15H2. The molecule has 0 atom stereocenters. The first-order valence-electron chi connectivity index (χ1n) is 8.38. The van der Waals surface area contributed by atoms with Gasteiger partial charge in [0.2, 0.25) is 5.91 Å². The Balaban J connectivity index is 1.58. The highest BCUT2D eigenvalue weighted by Gasteiger charge is 2.41. The van der Waals surface area contributed by atoms with Gasteiger partial charge in [0.05, 0.1) is 23.8 Å². The highest BCUT2D eigenvalue weighted by Crippen LogP contribution is 2.31. The summed E-state index contributed by atoms with van der Waals surface area (Å²) in [5.41, 5.74) is 1.66. The molecule has 0 aromatic heterocycles. The van der Waals surface area contributed by atoms with Gasteiger partial charge in [0.15, 0.2) is 0 Å². The molecule has 2 fully saturated rings. The Labute approximate surface area is 143 Å². The lowest BCUT2D eigenvalue weighted by Crippen LogP contribution is -2.58. The van der Waals surface area contributed by atoms with Crippen molar-refractivity contribution in [3.05, 3.63) is 48.0 Å². The zero-order chi connectivity index (χ0) is 17.0. The normalized spacial score (nSPS) is 20.8. The number of carbonyl (C=O) groups excluding carboxylic acids is 1. The Kier molecular flexibility index (Phi) is 4.98. The third kappa shape index (κ3) is 3.66. The van der Waals surface area contributed by atoms with Crippen molar-refractivity contribution in [3.8, 4) is 6.07 Å². The number of morpholine rings is 1. The molecule has 24 heavy (non-hydrogen) atoms. The van der Waals surface area contributed by atoms with Gasteiger partial charge >= 0.3 is 0 Å². The molecule has 5 heteroatoms. The highest BCUT2D eigenvalue weighted by molar-refractivity contribution is 5.78. The topological polar surface area (TPSA) is 56.6 Å². The zero-order valence-electron chi connectivity index (χ0n) is 13.9. The van der Waals surface area contributed by atoms with E-state index in [1.54, 1.807) is 6.08 Å². The minimum absolute atomic E-state index is 0.0521. The monoisotopic (exact) mass is 325 g/mol. The van der Waals surface area contributed by atoms with Crippen LogP contribution in [-0.4, -0.2) is 54.1 Å². The minimum atomic E-state index is -0.206. The number of amides is 1. The number of nitriles is 1. The lowest BCUT2D eigenvalue weighted by molar-refractivity contribution is -0.170. The second-order valence-corrected chi connectivity index (χ2v) is 6.62. The number of likely N-dealkylation sites (tertiary alicyclic amines) is 1. The van der Waals surface area contributed by atoms with E-state index in [4.69, 9.17) is 10.00 Å². The van der Waals surface area contributed by atoms with E-state index in [0.29, 0.717) is 18.7 Å². The van der Waals surface area contributed by atoms with Gasteiger partial charge in [-0.1, -0.05) is 18.2 Å². The predicted molar refractivity (Wildman–Crippen MR) is 91.1 cm³/mol. The Morgan fingerprint density at radius 3 is 2.88 bits per heavy atom. The van der Waals surface area contributed by atoms with Gasteiger partial charge in [-0.05, 0) is 30.5 Å². The maximum Gasteiger partial charge on any atom is 0.248 e. The van der Waals surface area contributed by atoms with E-state index in [0.717, 1.165) is 38.0 Å². The third-order valence-corrected chi connectivity index (χ3v) is 4.91. The summed E-state index contributed by atoms with van der Waals surface area (Å²) in [6.45, 7) is 7.89. The second-order valence-electron chi connectivity index (χ2n) is 6.62. The summed E-state index contributed by atoms with van der Waals surface area (Å²) < 4.78 is 5.94. The quantitative estimate of drug-likeness (QED) is 0.794. The van der Waals surface area contributed by atoms with Crippen molar-refractivity contribution in [2.24, 2.45) is 0 Å². The van der Waals surface area contributed by atoms with Crippen molar-refractivity contribution in [1.29, 1.82) is 5.26 Å². The number of carbonyl (C=O) groups is 1. The molecule has 1 aromatic carbocycles. The van der Waals surface area contributed by atoms with E-state index in [2.05, 4.69) is 23.6 Å². The molecular formula is C19H23N3O2. The molecule has 0 bridgehead atoms. The molecule has 2 heterocycles. The van der Waals surface area contributed by atoms with Gasteiger partial charge in [0.1, 0.15) is 6.61 Å². The van der Waals surface area contributed by atoms with E-state index in [1.165, 1.54) is 0 Å². The molecule has 2 aliphatic heterocycles. The van der Waals surface area contributed by atoms with Crippen LogP contribution in [0.1, 0.15) is 24.0 Å². The van der Waals surface area contributed by atoms with Crippen LogP contribution in [0.3, 0.4) is 0 Å². The number of nitrogens with zero attached hydrogens (tertiary/aromatic N) is 3. The van der Waals surface area contributed by atoms with Crippen LogP contribution in [0.5, 0.6) is 0 Å². The van der Waals surface area contributed by atoms with Crippen LogP contribution in [0, 0.1) is 11.3 Å². The van der Waals surface area contributed by atoms with Crippen LogP contribution >= 0.6 is 0 Å². The van der Waals surface area contributed by atoms with E-state index >= 15 is 0 Å². The fraction of sp³-hybridized carbons (Fsp3) is 0.474. The summed E-state index contributed by atoms with van der Waals surface area (Å²) in [5, 5.41) is 9.00. The van der Waals surface area contributed by atoms with Gasteiger partial charge in [-0.2, -0.15) is 5.26 Å². The van der Waals surface area contributed by atoms with Gasteiger partial charge in [-0.15, -0.1) is 6.58 Å². The number of hydrogen-bond donors (Lipinski definition) is 0. The summed E-state index contributed by atoms with van der Waals surface area (Å²) in [6.07, 6.45) is 3.62. The molecule has 1 spiro atoms. The van der Waals surface area contributed by atoms with E-state index < -0.39 is 0 Å². The average Bonchev–Trinajstić information content (AvgIpc) is 2.61. The van der Waals surface area contributed by atoms with E-state index in [-0.39, 0.29) is 18.1 Å². The van der Waals surface area contributed by atoms with Gasteiger partial charge in [0.25, 0.3) is 0 Å². The Hall–Kier alpha value is -2.16. The van der Waals surface area contributed by atoms with Crippen molar-refractivity contribution in [2.75, 3.05) is 32.8 Å². The highest BCUT2D eigenvalue weighted by atomic mass is 16.5. The fourth-order valence-electron chi connectivity index (χ4n) is 3.53. The molecule has 0 radical (unpaired) electrons. The van der Waals surface area contributed by atoms with Gasteiger partial charge in [0, 0.05) is 26.2 Å². The summed E-state index contributed by atoms with van der Waals surface area (Å²) in [4.78, 5) is 16.1. The second kappa shape index (κ2) is 7.16. The van der Waals surface area contributed by atoms with Crippen LogP contribution in [0.25, 0.3) is 0 Å². The third-order valence-electron chi connectivity index (χ3n) is 4.91. The Morgan fingerprint density at radius 1 is 1.38 bits per heavy atom. The number of hydrogen-bond acceptors (Lipinski definition) is 4. The van der Waals surface area contributed by atoms with Crippen LogP contribution in [0.4, 0.5) is 0 Å². The maximum absolute atomic E-state index is 11.9. The summed E-state index contributed by atoms with van der Waals surface area (Å²) in [6, 6.07) is 9.96. The van der Waals surface area contributed by atoms with Gasteiger partial charge in [-0.25, -0.2) is 0 Å². The molecule has 0 unspecified atom stereocenters. The molecule has 126 valence electrons. The Morgan fingerprint density at radius 2 is 2.17 bits per heavy atom. The van der Waals surface area contributed by atoms with Crippen molar-refractivity contribution < 1.29 is 9.53 Å². The molecule has 5 nitrogen and oxygen atoms in total. The first kappa shape index (κ1) is 16.7. The van der Waals surface area contributed by atoms with Crippen LogP contribution < -0.4 is 0 Å². The van der Waals surface area contributed by atoms with Gasteiger partial charge in [-0.3, -0.25) is 9.69 Å². The zero-order valence-corrected chi connectivity index (χ0v) is 13.9. The lowest BCUT2D eigenvalue weighted by Gasteiger charge is -2.46. The number of rotatable bonds is 4. The smallest absolute Gasteiger partial charge is 0.248 e. The minimum Gasteiger partial charge on any atom is -0.363 e. The van der Waals surface area contributed by atoms with E-state index in [1.807, 2.05) is 23.1 Å². The SMILES string of the molecule is C=CCN1CC2(CCN(Cc3cccc(C#N)c3)CC2)OCC1=O. The van der Waals surface area contributed by atoms with E-state index in [9.17, 15) is 4.79 Å². The predicted octanol–water partition coefficient (Wildman–Crippen LogP) is 1.94. The van der Waals surface area contributed by atoms with Crippen LogP contribution in [-0.2, 0) is 16.1 Å². The van der Waals surface area contributed by atoms with Gasteiger partial charge < -0.3 is 9.64 Å². The molecule has 0 saturated carbocycles. The largest absolute Gasteiger partial charge is 0.363 e. The molecule has 3 rings (SSSR count). The molecule has 1 aromatic rings. The summed E-state index contributed by atoms with van der Waals surface area (Å²) in [7, 11) is 0. The van der Waals surface area contributed by atoms with Crippen molar-refractivity contribution in [2.45, 2.75) is 25.0 Å². The Bertz CT molecular complexity index is 657. The molecule has 1 amide bonds. The number of benzene rings is 1. The molecular weight excluding hydrogens is 302 g/mol. The van der Waals surface area contributed by atoms with Crippen molar-refractivity contribution in [3.63, 3.8) is 0 Å². The molecule has 0 aliphatic carbocycles. The van der Waals surface area contributed by atoms with Crippen molar-refractivity contribution >= 4 is 5.91 Å². The van der Waals surface area contributed by atoms with Crippen molar-refractivity contribution in [1.82, 2.24) is 9.80 Å².